The molecule has 1 saturated heterocycles. The molecule has 0 unspecified atom stereocenters. The Morgan fingerprint density at radius 2 is 1.35 bits per heavy atom. The number of halogens is 2. The number of hydroxylamine groups is 2. The van der Waals surface area contributed by atoms with Crippen LogP contribution in [0, 0.1) is 11.6 Å². The Morgan fingerprint density at radius 1 is 0.912 bits per heavy atom. The van der Waals surface area contributed by atoms with Gasteiger partial charge in [0.05, 0.1) is 6.04 Å². The summed E-state index contributed by atoms with van der Waals surface area (Å²) < 4.78 is 32.1. The van der Waals surface area contributed by atoms with Gasteiger partial charge in [0.2, 0.25) is 5.91 Å². The number of rotatable bonds is 5. The molecule has 1 fully saturated rings. The maximum absolute atomic E-state index is 13.5. The van der Waals surface area contributed by atoms with Crippen molar-refractivity contribution < 1.29 is 28.3 Å². The first-order valence-electron chi connectivity index (χ1n) is 11.2. The van der Waals surface area contributed by atoms with Crippen molar-refractivity contribution in [1.29, 1.82) is 0 Å². The van der Waals surface area contributed by atoms with Gasteiger partial charge in [0, 0.05) is 26.2 Å². The zero-order chi connectivity index (χ0) is 25.0. The monoisotopic (exact) mass is 475 g/mol. The van der Waals surface area contributed by atoms with Crippen LogP contribution in [0.25, 0.3) is 0 Å². The zero-order valence-electron chi connectivity index (χ0n) is 19.9. The lowest BCUT2D eigenvalue weighted by Crippen LogP contribution is -2.55. The van der Waals surface area contributed by atoms with E-state index in [4.69, 9.17) is 4.74 Å². The van der Waals surface area contributed by atoms with Gasteiger partial charge in [-0.25, -0.2) is 13.6 Å². The van der Waals surface area contributed by atoms with Crippen LogP contribution in [-0.4, -0.2) is 69.9 Å². The Balaban J connectivity index is 1.70. The second kappa shape index (κ2) is 10.5. The van der Waals surface area contributed by atoms with E-state index in [2.05, 4.69) is 4.90 Å². The van der Waals surface area contributed by atoms with Crippen LogP contribution in [0.1, 0.15) is 44.9 Å². The summed E-state index contributed by atoms with van der Waals surface area (Å²) in [5.41, 5.74) is 0.905. The van der Waals surface area contributed by atoms with Gasteiger partial charge in [0.15, 0.2) is 0 Å². The molecule has 0 radical (unpaired) electrons. The van der Waals surface area contributed by atoms with Gasteiger partial charge in [-0.15, -0.1) is 0 Å². The smallest absolute Gasteiger partial charge is 0.435 e. The van der Waals surface area contributed by atoms with Gasteiger partial charge in [0.1, 0.15) is 23.3 Å². The molecule has 7 nitrogen and oxygen atoms in total. The van der Waals surface area contributed by atoms with Gasteiger partial charge in [-0.3, -0.25) is 14.9 Å². The van der Waals surface area contributed by atoms with Gasteiger partial charge in [-0.2, -0.15) is 5.06 Å². The van der Waals surface area contributed by atoms with Crippen molar-refractivity contribution in [3.05, 3.63) is 71.3 Å². The van der Waals surface area contributed by atoms with Gasteiger partial charge in [-0.1, -0.05) is 24.3 Å². The highest BCUT2D eigenvalue weighted by Crippen LogP contribution is 2.30. The zero-order valence-corrected chi connectivity index (χ0v) is 19.9. The normalized spacial score (nSPS) is 15.8. The third-order valence-corrected chi connectivity index (χ3v) is 5.67. The fourth-order valence-corrected chi connectivity index (χ4v) is 3.94. The third kappa shape index (κ3) is 6.30. The topological polar surface area (TPSA) is 73.3 Å². The van der Waals surface area contributed by atoms with Crippen molar-refractivity contribution in [2.45, 2.75) is 45.4 Å². The lowest BCUT2D eigenvalue weighted by atomic mass is 9.96. The number of carbonyl (C=O) groups excluding carboxylic acids is 2. The molecular weight excluding hydrogens is 444 g/mol. The summed E-state index contributed by atoms with van der Waals surface area (Å²) in [7, 11) is 0. The van der Waals surface area contributed by atoms with Crippen molar-refractivity contribution in [1.82, 2.24) is 14.9 Å². The minimum Gasteiger partial charge on any atom is -0.442 e. The van der Waals surface area contributed by atoms with Crippen molar-refractivity contribution in [3.8, 4) is 0 Å². The SMILES string of the molecule is C[C@@H](C(=O)N1CCN(C(c2ccc(F)cc2)c2ccc(F)cc2)CC1)N(O)C(=O)OC(C)(C)C. The van der Waals surface area contributed by atoms with Crippen LogP contribution in [0.5, 0.6) is 0 Å². The standard InChI is InChI=1S/C25H31F2N3O4/c1-17(30(33)24(32)34-25(2,3)4)23(31)29-15-13-28(14-16-29)22(18-5-9-20(26)10-6-18)19-7-11-21(27)12-8-19/h5-12,17,22,33H,13-16H2,1-4H3/t17-/m0/s1. The molecular formula is C25H31F2N3O4. The van der Waals surface area contributed by atoms with Crippen molar-refractivity contribution in [2.24, 2.45) is 0 Å². The lowest BCUT2D eigenvalue weighted by Gasteiger charge is -2.41. The van der Waals surface area contributed by atoms with Crippen LogP contribution in [0.3, 0.4) is 0 Å². The van der Waals surface area contributed by atoms with Crippen molar-refractivity contribution >= 4 is 12.0 Å². The third-order valence-electron chi connectivity index (χ3n) is 5.67. The Bertz CT molecular complexity index is 939. The van der Waals surface area contributed by atoms with Crippen LogP contribution in [0.15, 0.2) is 48.5 Å². The summed E-state index contributed by atoms with van der Waals surface area (Å²) in [5.74, 6) is -1.08. The average molecular weight is 476 g/mol. The molecule has 1 N–H and O–H groups in total. The number of benzene rings is 2. The molecule has 0 aromatic heterocycles. The summed E-state index contributed by atoms with van der Waals surface area (Å²) in [5, 5.41) is 10.5. The fraction of sp³-hybridized carbons (Fsp3) is 0.440. The fourth-order valence-electron chi connectivity index (χ4n) is 3.94. The van der Waals surface area contributed by atoms with Gasteiger partial charge < -0.3 is 9.64 Å². The van der Waals surface area contributed by atoms with Crippen LogP contribution >= 0.6 is 0 Å². The molecule has 0 saturated carbocycles. The molecule has 2 aromatic carbocycles. The Kier molecular flexibility index (Phi) is 7.89. The molecule has 184 valence electrons. The Labute approximate surface area is 198 Å². The van der Waals surface area contributed by atoms with E-state index in [0.29, 0.717) is 31.2 Å². The summed E-state index contributed by atoms with van der Waals surface area (Å²) in [6.07, 6.45) is -0.986. The number of amides is 2. The molecule has 2 aromatic rings. The minimum atomic E-state index is -1.11. The molecule has 1 heterocycles. The maximum atomic E-state index is 13.5. The molecule has 1 aliphatic heterocycles. The number of nitrogens with zero attached hydrogens (tertiary/aromatic N) is 3. The van der Waals surface area contributed by atoms with Gasteiger partial charge in [0.25, 0.3) is 0 Å². The largest absolute Gasteiger partial charge is 0.442 e. The molecule has 1 aliphatic rings. The number of ether oxygens (including phenoxy) is 1. The summed E-state index contributed by atoms with van der Waals surface area (Å²) in [4.78, 5) is 28.8. The molecule has 2 amide bonds. The molecule has 3 rings (SSSR count). The van der Waals surface area contributed by atoms with Crippen molar-refractivity contribution in [3.63, 3.8) is 0 Å². The first kappa shape index (κ1) is 25.6. The first-order chi connectivity index (χ1) is 16.0. The lowest BCUT2D eigenvalue weighted by molar-refractivity contribution is -0.158. The molecule has 0 spiro atoms. The van der Waals surface area contributed by atoms with Gasteiger partial charge >= 0.3 is 6.09 Å². The number of hydrogen-bond donors (Lipinski definition) is 1. The van der Waals surface area contributed by atoms with Crippen LogP contribution < -0.4 is 0 Å². The highest BCUT2D eigenvalue weighted by Gasteiger charge is 2.34. The van der Waals surface area contributed by atoms with E-state index >= 15 is 0 Å². The molecule has 1 atom stereocenters. The highest BCUT2D eigenvalue weighted by atomic mass is 19.1. The quantitative estimate of drug-likeness (QED) is 0.518. The van der Waals surface area contributed by atoms with Crippen LogP contribution in [0.4, 0.5) is 13.6 Å². The van der Waals surface area contributed by atoms with E-state index < -0.39 is 23.6 Å². The molecule has 9 heteroatoms. The van der Waals surface area contributed by atoms with Crippen LogP contribution in [0.2, 0.25) is 0 Å². The maximum Gasteiger partial charge on any atom is 0.435 e. The first-order valence-corrected chi connectivity index (χ1v) is 11.2. The van der Waals surface area contributed by atoms with E-state index in [9.17, 15) is 23.6 Å². The second-order valence-corrected chi connectivity index (χ2v) is 9.37. The van der Waals surface area contributed by atoms with E-state index in [1.54, 1.807) is 49.9 Å². The number of carbonyl (C=O) groups is 2. The molecule has 0 aliphatic carbocycles. The van der Waals surface area contributed by atoms with E-state index in [1.165, 1.54) is 31.2 Å². The van der Waals surface area contributed by atoms with E-state index in [0.717, 1.165) is 11.1 Å². The van der Waals surface area contributed by atoms with Crippen molar-refractivity contribution in [2.75, 3.05) is 26.2 Å². The predicted molar refractivity (Wildman–Crippen MR) is 122 cm³/mol. The van der Waals surface area contributed by atoms with E-state index in [-0.39, 0.29) is 17.7 Å². The Hall–Kier alpha value is -3.04. The second-order valence-electron chi connectivity index (χ2n) is 9.37. The minimum absolute atomic E-state index is 0.244. The summed E-state index contributed by atoms with van der Waals surface area (Å²) in [6, 6.07) is 11.0. The number of piperazine rings is 1. The number of hydrogen-bond acceptors (Lipinski definition) is 5. The average Bonchev–Trinajstić information content (AvgIpc) is 2.79. The van der Waals surface area contributed by atoms with Crippen LogP contribution in [-0.2, 0) is 9.53 Å². The van der Waals surface area contributed by atoms with Gasteiger partial charge in [-0.05, 0) is 63.1 Å². The summed E-state index contributed by atoms with van der Waals surface area (Å²) in [6.45, 7) is 8.17. The molecule has 0 bridgehead atoms. The predicted octanol–water partition coefficient (Wildman–Crippen LogP) is 4.21. The van der Waals surface area contributed by atoms with E-state index in [1.807, 2.05) is 0 Å². The summed E-state index contributed by atoms with van der Waals surface area (Å²) >= 11 is 0. The highest BCUT2D eigenvalue weighted by molar-refractivity contribution is 5.85. The molecule has 34 heavy (non-hydrogen) atoms. The Morgan fingerprint density at radius 3 is 1.76 bits per heavy atom.